The van der Waals surface area contributed by atoms with Crippen molar-refractivity contribution in [3.05, 3.63) is 94.1 Å². The monoisotopic (exact) mass is 527 g/mol. The van der Waals surface area contributed by atoms with E-state index in [4.69, 9.17) is 9.47 Å². The largest absolute Gasteiger partial charge is 0.494 e. The van der Waals surface area contributed by atoms with Gasteiger partial charge in [0.05, 0.1) is 31.5 Å². The van der Waals surface area contributed by atoms with E-state index in [0.717, 1.165) is 41.3 Å². The molecule has 1 unspecified atom stereocenters. The number of aromatic nitrogens is 1. The zero-order valence-electron chi connectivity index (χ0n) is 21.9. The molecule has 0 saturated carbocycles. The van der Waals surface area contributed by atoms with Crippen molar-refractivity contribution in [1.82, 2.24) is 9.47 Å². The second-order valence-corrected chi connectivity index (χ2v) is 10.8. The molecule has 0 spiro atoms. The first-order valence-electron chi connectivity index (χ1n) is 13.5. The minimum absolute atomic E-state index is 0.121. The zero-order valence-corrected chi connectivity index (χ0v) is 22.7. The molecule has 1 aliphatic heterocycles. The molecule has 38 heavy (non-hydrogen) atoms. The van der Waals surface area contributed by atoms with Gasteiger partial charge in [-0.3, -0.25) is 0 Å². The number of anilines is 1. The molecule has 2 aliphatic rings. The molecule has 0 radical (unpaired) electrons. The van der Waals surface area contributed by atoms with Crippen molar-refractivity contribution in [3.63, 3.8) is 0 Å². The van der Waals surface area contributed by atoms with Crippen LogP contribution in [0, 0.1) is 0 Å². The number of thiophene rings is 1. The van der Waals surface area contributed by atoms with E-state index < -0.39 is 0 Å². The minimum Gasteiger partial charge on any atom is -0.494 e. The average molecular weight is 528 g/mol. The molecule has 2 amide bonds. The topological polar surface area (TPSA) is 55.7 Å². The third-order valence-corrected chi connectivity index (χ3v) is 8.70. The van der Waals surface area contributed by atoms with Crippen molar-refractivity contribution < 1.29 is 14.3 Å². The van der Waals surface area contributed by atoms with Crippen molar-refractivity contribution >= 4 is 23.1 Å². The first-order chi connectivity index (χ1) is 18.7. The summed E-state index contributed by atoms with van der Waals surface area (Å²) >= 11 is 1.90. The summed E-state index contributed by atoms with van der Waals surface area (Å²) in [5.41, 5.74) is 5.63. The summed E-state index contributed by atoms with van der Waals surface area (Å²) in [7, 11) is 0. The van der Waals surface area contributed by atoms with Crippen LogP contribution in [0.1, 0.15) is 60.0 Å². The Balaban J connectivity index is 1.42. The van der Waals surface area contributed by atoms with Crippen molar-refractivity contribution in [1.29, 1.82) is 0 Å². The van der Waals surface area contributed by atoms with Gasteiger partial charge in [-0.05, 0) is 99.2 Å². The first-order valence-corrected chi connectivity index (χ1v) is 14.3. The van der Waals surface area contributed by atoms with Crippen molar-refractivity contribution in [2.24, 2.45) is 0 Å². The lowest BCUT2D eigenvalue weighted by Gasteiger charge is -2.31. The third kappa shape index (κ3) is 4.56. The molecular weight excluding hydrogens is 494 g/mol. The summed E-state index contributed by atoms with van der Waals surface area (Å²) in [6.07, 6.45) is 6.80. The van der Waals surface area contributed by atoms with Crippen LogP contribution in [0.2, 0.25) is 0 Å². The SMILES string of the molecule is CCOc1ccc(NC(=O)N2Cc3c(sc4c3CCCC4)-n3cccc3C2c2ccc(OCC)cc2)cc1. The van der Waals surface area contributed by atoms with Gasteiger partial charge in [-0.15, -0.1) is 11.3 Å². The molecule has 2 aromatic heterocycles. The summed E-state index contributed by atoms with van der Waals surface area (Å²) in [6, 6.07) is 19.6. The maximum absolute atomic E-state index is 14.1. The summed E-state index contributed by atoms with van der Waals surface area (Å²) in [5, 5.41) is 4.42. The van der Waals surface area contributed by atoms with Crippen LogP contribution in [0.3, 0.4) is 0 Å². The predicted octanol–water partition coefficient (Wildman–Crippen LogP) is 7.35. The molecule has 6 nitrogen and oxygen atoms in total. The lowest BCUT2D eigenvalue weighted by Crippen LogP contribution is -2.38. The highest BCUT2D eigenvalue weighted by molar-refractivity contribution is 7.15. The Morgan fingerprint density at radius 2 is 1.61 bits per heavy atom. The van der Waals surface area contributed by atoms with Gasteiger partial charge >= 0.3 is 6.03 Å². The number of hydrogen-bond donors (Lipinski definition) is 1. The molecule has 0 bridgehead atoms. The Morgan fingerprint density at radius 1 is 0.921 bits per heavy atom. The molecule has 1 aliphatic carbocycles. The van der Waals surface area contributed by atoms with Crippen LogP contribution in [0.15, 0.2) is 66.9 Å². The molecule has 4 aromatic rings. The fourth-order valence-corrected chi connectivity index (χ4v) is 7.05. The van der Waals surface area contributed by atoms with E-state index in [1.807, 2.05) is 66.5 Å². The number of carbonyl (C=O) groups is 1. The fraction of sp³-hybridized carbons (Fsp3) is 0.323. The highest BCUT2D eigenvalue weighted by atomic mass is 32.1. The molecule has 0 fully saturated rings. The van der Waals surface area contributed by atoms with Gasteiger partial charge in [-0.1, -0.05) is 12.1 Å². The number of urea groups is 1. The highest BCUT2D eigenvalue weighted by Crippen LogP contribution is 2.44. The lowest BCUT2D eigenvalue weighted by atomic mass is 9.95. The second kappa shape index (κ2) is 10.6. The summed E-state index contributed by atoms with van der Waals surface area (Å²) in [6.45, 7) is 5.73. The number of amides is 2. The van der Waals surface area contributed by atoms with E-state index in [1.165, 1.54) is 33.8 Å². The Morgan fingerprint density at radius 3 is 2.32 bits per heavy atom. The summed E-state index contributed by atoms with van der Waals surface area (Å²) < 4.78 is 13.6. The van der Waals surface area contributed by atoms with Gasteiger partial charge in [0.1, 0.15) is 16.5 Å². The molecule has 0 saturated heterocycles. The van der Waals surface area contributed by atoms with Gasteiger partial charge in [0, 0.05) is 22.3 Å². The standard InChI is InChI=1S/C31H33N3O3S/c1-3-36-23-15-11-21(12-16-23)29-27-9-7-19-33(27)30-26(25-8-5-6-10-28(25)38-30)20-34(29)31(35)32-22-13-17-24(18-14-22)37-4-2/h7,9,11-19,29H,3-6,8,10,20H2,1-2H3,(H,32,35). The van der Waals surface area contributed by atoms with Gasteiger partial charge in [-0.2, -0.15) is 0 Å². The van der Waals surface area contributed by atoms with Crippen molar-refractivity contribution in [2.45, 2.75) is 52.1 Å². The molecule has 7 heteroatoms. The number of hydrogen-bond acceptors (Lipinski definition) is 4. The molecule has 3 heterocycles. The van der Waals surface area contributed by atoms with Gasteiger partial charge in [0.2, 0.25) is 0 Å². The number of aryl methyl sites for hydroxylation is 1. The average Bonchev–Trinajstić information content (AvgIpc) is 3.53. The highest BCUT2D eigenvalue weighted by Gasteiger charge is 2.36. The maximum atomic E-state index is 14.1. The van der Waals surface area contributed by atoms with E-state index in [1.54, 1.807) is 0 Å². The van der Waals surface area contributed by atoms with E-state index in [2.05, 4.69) is 40.3 Å². The van der Waals surface area contributed by atoms with E-state index in [9.17, 15) is 4.79 Å². The summed E-state index contributed by atoms with van der Waals surface area (Å²) in [5.74, 6) is 1.62. The van der Waals surface area contributed by atoms with Crippen molar-refractivity contribution in [3.8, 4) is 16.5 Å². The Bertz CT molecular complexity index is 1420. The van der Waals surface area contributed by atoms with Crippen molar-refractivity contribution in [2.75, 3.05) is 18.5 Å². The molecule has 6 rings (SSSR count). The van der Waals surface area contributed by atoms with Crippen LogP contribution in [0.5, 0.6) is 11.5 Å². The number of nitrogens with zero attached hydrogens (tertiary/aromatic N) is 2. The number of rotatable bonds is 6. The number of ether oxygens (including phenoxy) is 2. The first kappa shape index (κ1) is 24.6. The summed E-state index contributed by atoms with van der Waals surface area (Å²) in [4.78, 5) is 17.5. The van der Waals surface area contributed by atoms with Gasteiger partial charge in [0.15, 0.2) is 0 Å². The quantitative estimate of drug-likeness (QED) is 0.285. The number of benzene rings is 2. The number of carbonyl (C=O) groups excluding carboxylic acids is 1. The molecular formula is C31H33N3O3S. The molecule has 2 aromatic carbocycles. The molecule has 196 valence electrons. The predicted molar refractivity (Wildman–Crippen MR) is 152 cm³/mol. The van der Waals surface area contributed by atoms with Crippen LogP contribution in [0.4, 0.5) is 10.5 Å². The lowest BCUT2D eigenvalue weighted by molar-refractivity contribution is 0.194. The fourth-order valence-electron chi connectivity index (χ4n) is 5.65. The van der Waals surface area contributed by atoms with Crippen LogP contribution < -0.4 is 14.8 Å². The van der Waals surface area contributed by atoms with Crippen LogP contribution in [-0.2, 0) is 19.4 Å². The normalized spacial score (nSPS) is 16.2. The Hall–Kier alpha value is -3.71. The minimum atomic E-state index is -0.248. The Kier molecular flexibility index (Phi) is 6.85. The molecule has 1 N–H and O–H groups in total. The number of nitrogens with one attached hydrogen (secondary N) is 1. The van der Waals surface area contributed by atoms with Crippen LogP contribution in [0.25, 0.3) is 5.00 Å². The smallest absolute Gasteiger partial charge is 0.322 e. The zero-order chi connectivity index (χ0) is 26.1. The van der Waals surface area contributed by atoms with Gasteiger partial charge in [-0.25, -0.2) is 4.79 Å². The maximum Gasteiger partial charge on any atom is 0.322 e. The third-order valence-electron chi connectivity index (χ3n) is 7.36. The van der Waals surface area contributed by atoms with E-state index in [-0.39, 0.29) is 12.1 Å². The second-order valence-electron chi connectivity index (χ2n) is 9.72. The van der Waals surface area contributed by atoms with Crippen LogP contribution in [-0.4, -0.2) is 28.7 Å². The Labute approximate surface area is 227 Å². The number of fused-ring (bicyclic) bond motifs is 5. The van der Waals surface area contributed by atoms with E-state index >= 15 is 0 Å². The van der Waals surface area contributed by atoms with Gasteiger partial charge in [0.25, 0.3) is 0 Å². The van der Waals surface area contributed by atoms with Crippen LogP contribution >= 0.6 is 11.3 Å². The van der Waals surface area contributed by atoms with Gasteiger partial charge < -0.3 is 24.3 Å². The molecule has 1 atom stereocenters. The van der Waals surface area contributed by atoms with E-state index in [0.29, 0.717) is 19.8 Å².